The van der Waals surface area contributed by atoms with Crippen molar-refractivity contribution in [2.75, 3.05) is 52.3 Å². The van der Waals surface area contributed by atoms with Crippen LogP contribution in [0, 0.1) is 11.6 Å². The summed E-state index contributed by atoms with van der Waals surface area (Å²) in [6, 6.07) is 1.14. The molecule has 3 heterocycles. The first-order valence-electron chi connectivity index (χ1n) is 10.8. The van der Waals surface area contributed by atoms with Crippen LogP contribution in [-0.2, 0) is 13.2 Å². The predicted octanol–water partition coefficient (Wildman–Crippen LogP) is 2.20. The zero-order chi connectivity index (χ0) is 23.9. The van der Waals surface area contributed by atoms with Gasteiger partial charge >= 0.3 is 0 Å². The molecular formula is C22H27F2N7O3. The minimum Gasteiger partial charge on any atom is -0.494 e. The van der Waals surface area contributed by atoms with Gasteiger partial charge in [0.15, 0.2) is 23.1 Å². The number of aromatic nitrogens is 4. The Kier molecular flexibility index (Phi) is 7.70. The van der Waals surface area contributed by atoms with E-state index in [4.69, 9.17) is 14.2 Å². The quantitative estimate of drug-likeness (QED) is 0.457. The van der Waals surface area contributed by atoms with E-state index in [2.05, 4.69) is 30.6 Å². The van der Waals surface area contributed by atoms with Crippen molar-refractivity contribution < 1.29 is 23.0 Å². The maximum Gasteiger partial charge on any atom is 0.232 e. The topological polar surface area (TPSA) is 98.6 Å². The molecule has 1 aliphatic rings. The molecule has 0 atom stereocenters. The van der Waals surface area contributed by atoms with Crippen molar-refractivity contribution in [1.29, 1.82) is 0 Å². The molecular weight excluding hydrogens is 448 g/mol. The number of ether oxygens (including phenoxy) is 3. The lowest BCUT2D eigenvalue weighted by Crippen LogP contribution is -2.44. The summed E-state index contributed by atoms with van der Waals surface area (Å²) in [5.41, 5.74) is 0.448. The number of anilines is 2. The van der Waals surface area contributed by atoms with Gasteiger partial charge in [-0.15, -0.1) is 0 Å². The molecule has 2 N–H and O–H groups in total. The number of nitrogens with zero attached hydrogens (tertiary/aromatic N) is 5. The van der Waals surface area contributed by atoms with Gasteiger partial charge in [-0.1, -0.05) is 0 Å². The number of methoxy groups -OCH3 is 2. The normalized spacial score (nSPS) is 14.1. The summed E-state index contributed by atoms with van der Waals surface area (Å²) in [7, 11) is 2.57. The van der Waals surface area contributed by atoms with Gasteiger partial charge in [0, 0.05) is 45.0 Å². The van der Waals surface area contributed by atoms with E-state index in [1.54, 1.807) is 6.20 Å². The van der Waals surface area contributed by atoms with E-state index >= 15 is 0 Å². The average molecular weight is 476 g/mol. The molecule has 0 aliphatic carbocycles. The van der Waals surface area contributed by atoms with Gasteiger partial charge in [0.2, 0.25) is 5.88 Å². The Morgan fingerprint density at radius 2 is 1.74 bits per heavy atom. The molecule has 0 amide bonds. The van der Waals surface area contributed by atoms with Crippen molar-refractivity contribution >= 4 is 11.5 Å². The highest BCUT2D eigenvalue weighted by Crippen LogP contribution is 2.31. The van der Waals surface area contributed by atoms with Gasteiger partial charge in [0.05, 0.1) is 50.6 Å². The number of rotatable bonds is 10. The molecule has 10 nitrogen and oxygen atoms in total. The highest BCUT2D eigenvalue weighted by atomic mass is 19.1. The number of piperazine rings is 1. The lowest BCUT2D eigenvalue weighted by Gasteiger charge is -2.26. The first-order valence-corrected chi connectivity index (χ1v) is 10.8. The second kappa shape index (κ2) is 11.1. The zero-order valence-corrected chi connectivity index (χ0v) is 19.1. The van der Waals surface area contributed by atoms with E-state index in [0.29, 0.717) is 5.82 Å². The zero-order valence-electron chi connectivity index (χ0n) is 19.1. The predicted molar refractivity (Wildman–Crippen MR) is 121 cm³/mol. The van der Waals surface area contributed by atoms with E-state index < -0.39 is 18.2 Å². The van der Waals surface area contributed by atoms with Crippen molar-refractivity contribution in [3.8, 4) is 17.4 Å². The largest absolute Gasteiger partial charge is 0.494 e. The number of nitrogens with one attached hydrogen (secondary N) is 2. The van der Waals surface area contributed by atoms with Gasteiger partial charge in [0.1, 0.15) is 12.4 Å². The van der Waals surface area contributed by atoms with Crippen LogP contribution in [0.2, 0.25) is 0 Å². The third kappa shape index (κ3) is 5.69. The Morgan fingerprint density at radius 1 is 1.00 bits per heavy atom. The number of halogens is 2. The molecule has 1 saturated heterocycles. The third-order valence-electron chi connectivity index (χ3n) is 5.42. The first kappa shape index (κ1) is 23.6. The van der Waals surface area contributed by atoms with Crippen LogP contribution in [-0.4, -0.2) is 71.6 Å². The van der Waals surface area contributed by atoms with E-state index in [-0.39, 0.29) is 22.9 Å². The molecule has 34 heavy (non-hydrogen) atoms. The monoisotopic (exact) mass is 475 g/mol. The van der Waals surface area contributed by atoms with E-state index in [0.717, 1.165) is 51.0 Å². The number of hydrogen-bond acceptors (Lipinski definition) is 9. The van der Waals surface area contributed by atoms with Crippen LogP contribution in [0.1, 0.15) is 5.56 Å². The minimum atomic E-state index is -0.860. The Morgan fingerprint density at radius 3 is 2.38 bits per heavy atom. The van der Waals surface area contributed by atoms with Gasteiger partial charge < -0.3 is 24.8 Å². The Labute approximate surface area is 195 Å². The fourth-order valence-corrected chi connectivity index (χ4v) is 3.54. The summed E-state index contributed by atoms with van der Waals surface area (Å²) in [6.45, 7) is 5.44. The fraction of sp³-hybridized carbons (Fsp3) is 0.409. The van der Waals surface area contributed by atoms with Crippen molar-refractivity contribution in [3.63, 3.8) is 0 Å². The van der Waals surface area contributed by atoms with Crippen molar-refractivity contribution in [2.45, 2.75) is 13.2 Å². The van der Waals surface area contributed by atoms with Gasteiger partial charge in [-0.05, 0) is 0 Å². The summed E-state index contributed by atoms with van der Waals surface area (Å²) in [5.74, 6) is -1.42. The molecule has 1 aromatic carbocycles. The van der Waals surface area contributed by atoms with Gasteiger partial charge in [-0.25, -0.2) is 18.7 Å². The summed E-state index contributed by atoms with van der Waals surface area (Å²) < 4.78 is 46.1. The van der Waals surface area contributed by atoms with Crippen LogP contribution in [0.5, 0.6) is 17.4 Å². The van der Waals surface area contributed by atoms with Crippen LogP contribution in [0.3, 0.4) is 0 Å². The summed E-state index contributed by atoms with van der Waals surface area (Å²) in [5, 5.41) is 10.8. The van der Waals surface area contributed by atoms with Crippen molar-refractivity contribution in [1.82, 2.24) is 30.0 Å². The lowest BCUT2D eigenvalue weighted by atomic mass is 10.1. The standard InChI is InChI=1S/C22H27F2N7O3/c1-32-17-9-18(33-2)22(24)16(21(17)23)14-34-20-12-26-19(11-27-20)29-15-10-28-31(13-15)8-7-30-5-3-25-4-6-30/h9-13,25H,3-8,14H2,1-2H3,(H,26,29). The highest BCUT2D eigenvalue weighted by Gasteiger charge is 2.20. The molecule has 0 spiro atoms. The van der Waals surface area contributed by atoms with E-state index in [1.807, 2.05) is 10.9 Å². The van der Waals surface area contributed by atoms with Crippen LogP contribution in [0.25, 0.3) is 0 Å². The molecule has 0 bridgehead atoms. The van der Waals surface area contributed by atoms with E-state index in [9.17, 15) is 8.78 Å². The van der Waals surface area contributed by atoms with Crippen LogP contribution in [0.4, 0.5) is 20.3 Å². The lowest BCUT2D eigenvalue weighted by molar-refractivity contribution is 0.229. The fourth-order valence-electron chi connectivity index (χ4n) is 3.54. The first-order chi connectivity index (χ1) is 16.6. The van der Waals surface area contributed by atoms with Gasteiger partial charge in [-0.3, -0.25) is 9.58 Å². The Hall–Kier alpha value is -3.51. The third-order valence-corrected chi connectivity index (χ3v) is 5.42. The second-order valence-electron chi connectivity index (χ2n) is 7.62. The van der Waals surface area contributed by atoms with Crippen LogP contribution in [0.15, 0.2) is 30.9 Å². The highest BCUT2D eigenvalue weighted by molar-refractivity contribution is 5.52. The van der Waals surface area contributed by atoms with Gasteiger partial charge in [-0.2, -0.15) is 5.10 Å². The van der Waals surface area contributed by atoms with E-state index in [1.165, 1.54) is 26.6 Å². The average Bonchev–Trinajstić information content (AvgIpc) is 3.32. The SMILES string of the molecule is COc1cc(OC)c(F)c(COc2cnc(Nc3cnn(CCN4CCNCC4)c3)cn2)c1F. The smallest absolute Gasteiger partial charge is 0.232 e. The second-order valence-corrected chi connectivity index (χ2v) is 7.62. The molecule has 1 fully saturated rings. The molecule has 0 saturated carbocycles. The summed E-state index contributed by atoms with van der Waals surface area (Å²) >= 11 is 0. The minimum absolute atomic E-state index is 0.109. The van der Waals surface area contributed by atoms with Crippen molar-refractivity contribution in [2.24, 2.45) is 0 Å². The van der Waals surface area contributed by atoms with Crippen molar-refractivity contribution in [3.05, 3.63) is 48.1 Å². The number of hydrogen-bond donors (Lipinski definition) is 2. The van der Waals surface area contributed by atoms with Crippen LogP contribution >= 0.6 is 0 Å². The molecule has 182 valence electrons. The maximum absolute atomic E-state index is 14.5. The summed E-state index contributed by atoms with van der Waals surface area (Å²) in [6.07, 6.45) is 6.44. The molecule has 2 aromatic heterocycles. The van der Waals surface area contributed by atoms with Gasteiger partial charge in [0.25, 0.3) is 0 Å². The maximum atomic E-state index is 14.5. The molecule has 0 unspecified atom stereocenters. The number of benzene rings is 1. The molecule has 12 heteroatoms. The van der Waals surface area contributed by atoms with Crippen LogP contribution < -0.4 is 24.8 Å². The summed E-state index contributed by atoms with van der Waals surface area (Å²) in [4.78, 5) is 10.8. The molecule has 3 aromatic rings. The molecule has 4 rings (SSSR count). The Bertz CT molecular complexity index is 1060. The molecule has 0 radical (unpaired) electrons. The Balaban J connectivity index is 1.32. The molecule has 1 aliphatic heterocycles.